The summed E-state index contributed by atoms with van der Waals surface area (Å²) in [7, 11) is 0. The Morgan fingerprint density at radius 1 is 1.45 bits per heavy atom. The molecule has 2 atom stereocenters. The molecule has 0 radical (unpaired) electrons. The van der Waals surface area contributed by atoms with Gasteiger partial charge in [0.25, 0.3) is 5.91 Å². The number of nitrogens with zero attached hydrogens (tertiary/aromatic N) is 3. The summed E-state index contributed by atoms with van der Waals surface area (Å²) in [4.78, 5) is 22.3. The van der Waals surface area contributed by atoms with Crippen LogP contribution in [0.2, 0.25) is 0 Å². The number of nitrogens with one attached hydrogen (secondary N) is 1. The van der Waals surface area contributed by atoms with Gasteiger partial charge in [-0.1, -0.05) is 6.08 Å². The minimum absolute atomic E-state index is 0.0181. The fourth-order valence-electron chi connectivity index (χ4n) is 3.69. The van der Waals surface area contributed by atoms with Gasteiger partial charge >= 0.3 is 6.18 Å². The van der Waals surface area contributed by atoms with Crippen LogP contribution in [0.4, 0.5) is 19.1 Å². The maximum atomic E-state index is 13.3. The van der Waals surface area contributed by atoms with Crippen molar-refractivity contribution in [3.8, 4) is 0 Å². The summed E-state index contributed by atoms with van der Waals surface area (Å²) >= 11 is 0. The molecule has 11 heteroatoms. The number of nitrogen functional groups attached to an aromatic ring is 1. The largest absolute Gasteiger partial charge is 0.438 e. The van der Waals surface area contributed by atoms with Gasteiger partial charge in [-0.05, 0) is 32.2 Å². The summed E-state index contributed by atoms with van der Waals surface area (Å²) < 4.78 is 45.4. The molecule has 166 valence electrons. The van der Waals surface area contributed by atoms with Crippen LogP contribution in [0.5, 0.6) is 0 Å². The summed E-state index contributed by atoms with van der Waals surface area (Å²) in [6.07, 6.45) is -0.223. The van der Waals surface area contributed by atoms with E-state index in [0.717, 1.165) is 0 Å². The van der Waals surface area contributed by atoms with E-state index in [-0.39, 0.29) is 42.2 Å². The molecule has 2 aromatic rings. The molecule has 0 unspecified atom stereocenters. The Balaban J connectivity index is 1.90. The Hall–Kier alpha value is -3.34. The highest BCUT2D eigenvalue weighted by Crippen LogP contribution is 2.35. The maximum Gasteiger partial charge on any atom is 0.393 e. The molecule has 0 saturated carbocycles. The lowest BCUT2D eigenvalue weighted by Gasteiger charge is -2.40. The molecule has 0 aliphatic carbocycles. The predicted octanol–water partition coefficient (Wildman–Crippen LogP) is 2.80. The highest BCUT2D eigenvalue weighted by molar-refractivity contribution is 6.09. The zero-order valence-corrected chi connectivity index (χ0v) is 16.8. The van der Waals surface area contributed by atoms with Crippen LogP contribution in [-0.4, -0.2) is 47.8 Å². The third-order valence-corrected chi connectivity index (χ3v) is 5.01. The number of fused-ring (bicyclic) bond motifs is 1. The molecule has 0 aromatic carbocycles. The highest BCUT2D eigenvalue weighted by Gasteiger charge is 2.44. The lowest BCUT2D eigenvalue weighted by molar-refractivity contribution is -0.186. The van der Waals surface area contributed by atoms with Gasteiger partial charge < -0.3 is 26.1 Å². The fourth-order valence-corrected chi connectivity index (χ4v) is 3.69. The minimum atomic E-state index is -4.38. The summed E-state index contributed by atoms with van der Waals surface area (Å²) in [6.45, 7) is 4.93. The second kappa shape index (κ2) is 8.80. The summed E-state index contributed by atoms with van der Waals surface area (Å²) in [5, 5.41) is 2.65. The molecule has 31 heavy (non-hydrogen) atoms. The van der Waals surface area contributed by atoms with Crippen LogP contribution in [-0.2, 0) is 0 Å². The number of anilines is 1. The molecule has 1 aliphatic rings. The van der Waals surface area contributed by atoms with Gasteiger partial charge in [0.2, 0.25) is 5.88 Å². The number of rotatable bonds is 5. The van der Waals surface area contributed by atoms with Gasteiger partial charge in [-0.25, -0.2) is 0 Å². The number of hydrogen-bond acceptors (Lipinski definition) is 7. The number of carbonyl (C=O) groups excluding carboxylic acids is 1. The van der Waals surface area contributed by atoms with E-state index in [1.54, 1.807) is 25.1 Å². The Bertz CT molecular complexity index is 1040. The van der Waals surface area contributed by atoms with E-state index in [9.17, 15) is 18.0 Å². The topological polar surface area (TPSA) is 123 Å². The van der Waals surface area contributed by atoms with Crippen molar-refractivity contribution in [1.29, 1.82) is 0 Å². The molecule has 5 N–H and O–H groups in total. The van der Waals surface area contributed by atoms with Crippen LogP contribution in [0, 0.1) is 5.92 Å². The molecule has 8 nitrogen and oxygen atoms in total. The number of furan rings is 1. The van der Waals surface area contributed by atoms with Crippen LogP contribution < -0.4 is 16.8 Å². The number of alkyl halides is 3. The lowest BCUT2D eigenvalue weighted by Crippen LogP contribution is -2.51. The fraction of sp³-hybridized carbons (Fsp3) is 0.350. The Morgan fingerprint density at radius 3 is 2.84 bits per heavy atom. The highest BCUT2D eigenvalue weighted by atomic mass is 19.4. The van der Waals surface area contributed by atoms with Gasteiger partial charge in [0.05, 0.1) is 23.5 Å². The van der Waals surface area contributed by atoms with Crippen molar-refractivity contribution in [3.05, 3.63) is 47.6 Å². The molecule has 3 rings (SSSR count). The number of piperidine rings is 1. The first-order valence-corrected chi connectivity index (χ1v) is 9.50. The normalized spacial score (nSPS) is 20.7. The SMILES string of the molecule is C=N/C=C(NC(=O)c1c(N)oc2cccnc12)\C(=C/C)N1C[C@@H](N)C[C@@H](C(F)(F)F)C1. The van der Waals surface area contributed by atoms with E-state index in [4.69, 9.17) is 15.9 Å². The maximum absolute atomic E-state index is 13.3. The number of allylic oxidation sites excluding steroid dienone is 1. The van der Waals surface area contributed by atoms with Crippen molar-refractivity contribution < 1.29 is 22.4 Å². The second-order valence-corrected chi connectivity index (χ2v) is 7.18. The zero-order valence-electron chi connectivity index (χ0n) is 16.8. The van der Waals surface area contributed by atoms with Gasteiger partial charge in [-0.2, -0.15) is 13.2 Å². The van der Waals surface area contributed by atoms with Crippen LogP contribution in [0.15, 0.2) is 51.4 Å². The molecule has 0 bridgehead atoms. The number of carbonyl (C=O) groups is 1. The number of aromatic nitrogens is 1. The average molecular weight is 436 g/mol. The molecular formula is C20H23F3N6O2. The molecule has 2 aromatic heterocycles. The van der Waals surface area contributed by atoms with Crippen molar-refractivity contribution >= 4 is 29.6 Å². The average Bonchev–Trinajstić information content (AvgIpc) is 3.03. The van der Waals surface area contributed by atoms with Crippen molar-refractivity contribution in [3.63, 3.8) is 0 Å². The van der Waals surface area contributed by atoms with E-state index >= 15 is 0 Å². The number of halogens is 3. The molecule has 1 amide bonds. The van der Waals surface area contributed by atoms with Gasteiger partial charge in [0.1, 0.15) is 11.1 Å². The first-order chi connectivity index (χ1) is 14.7. The van der Waals surface area contributed by atoms with Gasteiger partial charge in [-0.15, -0.1) is 0 Å². The van der Waals surface area contributed by atoms with Gasteiger partial charge in [-0.3, -0.25) is 14.8 Å². The van der Waals surface area contributed by atoms with E-state index in [2.05, 4.69) is 22.0 Å². The number of aliphatic imine (C=N–C) groups is 1. The molecular weight excluding hydrogens is 413 g/mol. The van der Waals surface area contributed by atoms with E-state index < -0.39 is 24.0 Å². The van der Waals surface area contributed by atoms with Crippen molar-refractivity contribution in [2.45, 2.75) is 25.6 Å². The third kappa shape index (κ3) is 4.71. The molecule has 0 spiro atoms. The first-order valence-electron chi connectivity index (χ1n) is 9.50. The van der Waals surface area contributed by atoms with E-state index in [1.165, 1.54) is 17.3 Å². The van der Waals surface area contributed by atoms with Crippen molar-refractivity contribution in [1.82, 2.24) is 15.2 Å². The third-order valence-electron chi connectivity index (χ3n) is 5.01. The summed E-state index contributed by atoms with van der Waals surface area (Å²) in [5.74, 6) is -2.35. The minimum Gasteiger partial charge on any atom is -0.438 e. The van der Waals surface area contributed by atoms with Crippen LogP contribution >= 0.6 is 0 Å². The van der Waals surface area contributed by atoms with Crippen LogP contribution in [0.3, 0.4) is 0 Å². The zero-order chi connectivity index (χ0) is 22.8. The predicted molar refractivity (Wildman–Crippen MR) is 111 cm³/mol. The van der Waals surface area contributed by atoms with Gasteiger partial charge in [0, 0.05) is 25.3 Å². The van der Waals surface area contributed by atoms with Crippen molar-refractivity contribution in [2.75, 3.05) is 18.8 Å². The Kier molecular flexibility index (Phi) is 6.34. The monoisotopic (exact) mass is 436 g/mol. The molecule has 3 heterocycles. The molecule has 1 fully saturated rings. The van der Waals surface area contributed by atoms with E-state index in [0.29, 0.717) is 11.3 Å². The van der Waals surface area contributed by atoms with Crippen molar-refractivity contribution in [2.24, 2.45) is 16.6 Å². The Morgan fingerprint density at radius 2 is 2.19 bits per heavy atom. The van der Waals surface area contributed by atoms with Gasteiger partial charge in [0.15, 0.2) is 5.58 Å². The molecule has 1 aliphatic heterocycles. The van der Waals surface area contributed by atoms with Crippen LogP contribution in [0.25, 0.3) is 11.1 Å². The summed E-state index contributed by atoms with van der Waals surface area (Å²) in [6, 6.07) is 2.57. The van der Waals surface area contributed by atoms with E-state index in [1.807, 2.05) is 0 Å². The van der Waals surface area contributed by atoms with Crippen LogP contribution in [0.1, 0.15) is 23.7 Å². The number of pyridine rings is 1. The second-order valence-electron chi connectivity index (χ2n) is 7.18. The first kappa shape index (κ1) is 22.3. The quantitative estimate of drug-likeness (QED) is 0.489. The smallest absolute Gasteiger partial charge is 0.393 e. The number of hydrogen-bond donors (Lipinski definition) is 3. The molecule has 1 saturated heterocycles. The lowest BCUT2D eigenvalue weighted by atomic mass is 9.93. The number of nitrogens with two attached hydrogens (primary N) is 2. The summed E-state index contributed by atoms with van der Waals surface area (Å²) in [5.41, 5.74) is 12.8. The number of likely N-dealkylation sites (tertiary alicyclic amines) is 1. The Labute approximate surface area is 176 Å². The number of amides is 1. The standard InChI is InChI=1S/C20H23F3N6O2/c1-3-14(29-9-11(20(21,22)23)7-12(24)10-29)13(8-26-2)28-19(30)16-17-15(31-18(16)25)5-4-6-27-17/h3-6,8,11-12H,2,7,9-10,24-25H2,1H3,(H,28,30)/b13-8+,14-3+/t11-,12+/m1/s1.